The maximum absolute atomic E-state index is 12.1. The number of nitrogens with two attached hydrogens (primary N) is 1. The molecule has 5 heteroatoms. The second-order valence-electron chi connectivity index (χ2n) is 3.32. The van der Waals surface area contributed by atoms with Crippen molar-refractivity contribution in [3.8, 4) is 0 Å². The number of halogens is 4. The van der Waals surface area contributed by atoms with Crippen molar-refractivity contribution in [1.82, 2.24) is 0 Å². The van der Waals surface area contributed by atoms with E-state index in [-0.39, 0.29) is 6.42 Å². The zero-order valence-corrected chi connectivity index (χ0v) is 9.48. The molecule has 0 aliphatic carbocycles. The molecule has 0 radical (unpaired) electrons. The van der Waals surface area contributed by atoms with Crippen LogP contribution in [0.4, 0.5) is 13.2 Å². The lowest BCUT2D eigenvalue weighted by molar-refractivity contribution is -0.148. The molecule has 0 fully saturated rings. The average Bonchev–Trinajstić information content (AvgIpc) is 2.12. The molecule has 1 atom stereocenters. The van der Waals surface area contributed by atoms with Gasteiger partial charge in [0, 0.05) is 4.47 Å². The highest BCUT2D eigenvalue weighted by Crippen LogP contribution is 2.22. The van der Waals surface area contributed by atoms with Gasteiger partial charge in [-0.2, -0.15) is 13.2 Å². The second kappa shape index (κ2) is 4.99. The van der Waals surface area contributed by atoms with Gasteiger partial charge in [0.1, 0.15) is 6.04 Å². The van der Waals surface area contributed by atoms with E-state index in [1.165, 1.54) is 0 Å². The quantitative estimate of drug-likeness (QED) is 0.904. The van der Waals surface area contributed by atoms with E-state index in [1.807, 2.05) is 6.07 Å². The van der Waals surface area contributed by atoms with Crippen molar-refractivity contribution < 1.29 is 13.2 Å². The summed E-state index contributed by atoms with van der Waals surface area (Å²) < 4.78 is 37.2. The van der Waals surface area contributed by atoms with Crippen LogP contribution >= 0.6 is 15.9 Å². The van der Waals surface area contributed by atoms with Crippen LogP contribution in [0.25, 0.3) is 0 Å². The highest BCUT2D eigenvalue weighted by atomic mass is 79.9. The number of hydrogen-bond acceptors (Lipinski definition) is 1. The van der Waals surface area contributed by atoms with Gasteiger partial charge in [0.15, 0.2) is 0 Å². The fourth-order valence-corrected chi connectivity index (χ4v) is 1.62. The normalized spacial score (nSPS) is 13.9. The Morgan fingerprint density at radius 2 is 2.00 bits per heavy atom. The first-order valence-electron chi connectivity index (χ1n) is 4.46. The molecular formula is C10H11BrF3N. The summed E-state index contributed by atoms with van der Waals surface area (Å²) >= 11 is 3.26. The van der Waals surface area contributed by atoms with E-state index < -0.39 is 12.2 Å². The van der Waals surface area contributed by atoms with Crippen LogP contribution in [0.2, 0.25) is 0 Å². The van der Waals surface area contributed by atoms with Gasteiger partial charge in [-0.05, 0) is 30.5 Å². The van der Waals surface area contributed by atoms with Gasteiger partial charge < -0.3 is 5.73 Å². The Morgan fingerprint density at radius 3 is 2.53 bits per heavy atom. The third-order valence-electron chi connectivity index (χ3n) is 2.05. The largest absolute Gasteiger partial charge is 0.403 e. The van der Waals surface area contributed by atoms with Gasteiger partial charge in [0.05, 0.1) is 0 Å². The maximum Gasteiger partial charge on any atom is 0.403 e. The lowest BCUT2D eigenvalue weighted by atomic mass is 10.1. The first-order valence-corrected chi connectivity index (χ1v) is 5.25. The molecule has 2 N–H and O–H groups in total. The molecule has 0 saturated carbocycles. The molecule has 0 bridgehead atoms. The molecule has 0 aliphatic rings. The van der Waals surface area contributed by atoms with Gasteiger partial charge in [0.25, 0.3) is 0 Å². The predicted octanol–water partition coefficient (Wildman–Crippen LogP) is 3.27. The minimum Gasteiger partial charge on any atom is -0.320 e. The van der Waals surface area contributed by atoms with E-state index in [1.54, 1.807) is 18.2 Å². The van der Waals surface area contributed by atoms with Crippen molar-refractivity contribution in [3.63, 3.8) is 0 Å². The summed E-state index contributed by atoms with van der Waals surface area (Å²) in [5, 5.41) is 0. The van der Waals surface area contributed by atoms with E-state index >= 15 is 0 Å². The molecule has 1 rings (SSSR count). The molecular weight excluding hydrogens is 271 g/mol. The molecule has 1 aromatic rings. The van der Waals surface area contributed by atoms with E-state index in [0.29, 0.717) is 6.42 Å². The Balaban J connectivity index is 2.51. The Bertz CT molecular complexity index is 325. The topological polar surface area (TPSA) is 26.0 Å². The maximum atomic E-state index is 12.1. The third-order valence-corrected chi connectivity index (χ3v) is 2.55. The molecule has 15 heavy (non-hydrogen) atoms. The van der Waals surface area contributed by atoms with Crippen LogP contribution in [0, 0.1) is 0 Å². The van der Waals surface area contributed by atoms with Gasteiger partial charge in [0.2, 0.25) is 0 Å². The summed E-state index contributed by atoms with van der Waals surface area (Å²) in [7, 11) is 0. The number of benzene rings is 1. The van der Waals surface area contributed by atoms with Crippen LogP contribution in [-0.4, -0.2) is 12.2 Å². The summed E-state index contributed by atoms with van der Waals surface area (Å²) in [5.41, 5.74) is 5.85. The van der Waals surface area contributed by atoms with Crippen molar-refractivity contribution in [2.75, 3.05) is 0 Å². The van der Waals surface area contributed by atoms with Crippen molar-refractivity contribution >= 4 is 15.9 Å². The summed E-state index contributed by atoms with van der Waals surface area (Å²) in [5.74, 6) is 0. The van der Waals surface area contributed by atoms with Gasteiger partial charge in [-0.25, -0.2) is 0 Å². The number of alkyl halides is 3. The fourth-order valence-electron chi connectivity index (χ4n) is 1.18. The van der Waals surface area contributed by atoms with Crippen LogP contribution in [-0.2, 0) is 6.42 Å². The smallest absolute Gasteiger partial charge is 0.320 e. The minimum absolute atomic E-state index is 0.0834. The van der Waals surface area contributed by atoms with E-state index in [9.17, 15) is 13.2 Å². The van der Waals surface area contributed by atoms with Gasteiger partial charge >= 0.3 is 6.18 Å². The van der Waals surface area contributed by atoms with Crippen LogP contribution in [0.3, 0.4) is 0 Å². The van der Waals surface area contributed by atoms with Gasteiger partial charge in [-0.3, -0.25) is 0 Å². The summed E-state index contributed by atoms with van der Waals surface area (Å²) in [6.45, 7) is 0. The number of hydrogen-bond donors (Lipinski definition) is 1. The van der Waals surface area contributed by atoms with Gasteiger partial charge in [-0.15, -0.1) is 0 Å². The average molecular weight is 282 g/mol. The second-order valence-corrected chi connectivity index (χ2v) is 4.23. The predicted molar refractivity (Wildman–Crippen MR) is 56.5 cm³/mol. The summed E-state index contributed by atoms with van der Waals surface area (Å²) in [6.07, 6.45) is -4.05. The third kappa shape index (κ3) is 4.22. The van der Waals surface area contributed by atoms with Crippen LogP contribution in [0.5, 0.6) is 0 Å². The zero-order valence-electron chi connectivity index (χ0n) is 7.89. The van der Waals surface area contributed by atoms with Crippen molar-refractivity contribution in [3.05, 3.63) is 34.3 Å². The van der Waals surface area contributed by atoms with Crippen molar-refractivity contribution in [2.24, 2.45) is 5.73 Å². The van der Waals surface area contributed by atoms with E-state index in [2.05, 4.69) is 15.9 Å². The standard InChI is InChI=1S/C10H11BrF3N/c11-8-3-1-2-7(6-8)4-5-9(15)10(12,13)14/h1-3,6,9H,4-5,15H2. The SMILES string of the molecule is NC(CCc1cccc(Br)c1)C(F)(F)F. The van der Waals surface area contributed by atoms with Crippen molar-refractivity contribution in [1.29, 1.82) is 0 Å². The fraction of sp³-hybridized carbons (Fsp3) is 0.400. The van der Waals surface area contributed by atoms with E-state index in [0.717, 1.165) is 10.0 Å². The lowest BCUT2D eigenvalue weighted by Gasteiger charge is -2.15. The zero-order chi connectivity index (χ0) is 11.5. The molecule has 0 aliphatic heterocycles. The van der Waals surface area contributed by atoms with Crippen LogP contribution in [0.1, 0.15) is 12.0 Å². The van der Waals surface area contributed by atoms with Crippen LogP contribution in [0.15, 0.2) is 28.7 Å². The number of rotatable bonds is 3. The Kier molecular flexibility index (Phi) is 4.16. The highest BCUT2D eigenvalue weighted by Gasteiger charge is 2.35. The molecule has 0 heterocycles. The summed E-state index contributed by atoms with van der Waals surface area (Å²) in [4.78, 5) is 0. The monoisotopic (exact) mass is 281 g/mol. The number of aryl methyl sites for hydroxylation is 1. The lowest BCUT2D eigenvalue weighted by Crippen LogP contribution is -2.37. The molecule has 0 aromatic heterocycles. The van der Waals surface area contributed by atoms with Crippen LogP contribution < -0.4 is 5.73 Å². The minimum atomic E-state index is -4.30. The Labute approximate surface area is 94.6 Å². The molecule has 1 unspecified atom stereocenters. The molecule has 84 valence electrons. The molecule has 0 saturated heterocycles. The first kappa shape index (κ1) is 12.5. The Morgan fingerprint density at radius 1 is 1.33 bits per heavy atom. The molecule has 1 nitrogen and oxygen atoms in total. The molecule has 0 amide bonds. The molecule has 0 spiro atoms. The summed E-state index contributed by atoms with van der Waals surface area (Å²) in [6, 6.07) is 5.46. The first-order chi connectivity index (χ1) is 6.89. The Hall–Kier alpha value is -0.550. The molecule has 1 aromatic carbocycles. The highest BCUT2D eigenvalue weighted by molar-refractivity contribution is 9.10. The van der Waals surface area contributed by atoms with E-state index in [4.69, 9.17) is 5.73 Å². The van der Waals surface area contributed by atoms with Crippen molar-refractivity contribution in [2.45, 2.75) is 25.1 Å². The van der Waals surface area contributed by atoms with Gasteiger partial charge in [-0.1, -0.05) is 28.1 Å².